The molecule has 1 unspecified atom stereocenters. The van der Waals surface area contributed by atoms with Gasteiger partial charge in [-0.2, -0.15) is 0 Å². The lowest BCUT2D eigenvalue weighted by Crippen LogP contribution is -2.56. The van der Waals surface area contributed by atoms with Crippen LogP contribution in [0.2, 0.25) is 5.02 Å². The van der Waals surface area contributed by atoms with Crippen molar-refractivity contribution in [1.82, 2.24) is 14.4 Å². The molecule has 0 saturated carbocycles. The van der Waals surface area contributed by atoms with Crippen LogP contribution in [0.3, 0.4) is 0 Å². The molecular weight excluding hydrogens is 322 g/mol. The number of benzene rings is 1. The molecule has 0 radical (unpaired) electrons. The maximum absolute atomic E-state index is 13.1. The minimum Gasteiger partial charge on any atom is -0.338 e. The van der Waals surface area contributed by atoms with Crippen LogP contribution in [-0.4, -0.2) is 52.0 Å². The van der Waals surface area contributed by atoms with Crippen molar-refractivity contribution in [2.45, 2.75) is 39.3 Å². The van der Waals surface area contributed by atoms with Gasteiger partial charge in [-0.05, 0) is 32.4 Å². The number of carbonyl (C=O) groups is 1. The van der Waals surface area contributed by atoms with E-state index in [0.29, 0.717) is 22.8 Å². The number of hydrogen-bond acceptors (Lipinski definition) is 2. The highest BCUT2D eigenvalue weighted by Gasteiger charge is 2.31. The number of piperazine rings is 1. The van der Waals surface area contributed by atoms with Crippen LogP contribution >= 0.6 is 11.6 Å². The van der Waals surface area contributed by atoms with E-state index in [0.717, 1.165) is 37.0 Å². The number of halogens is 1. The van der Waals surface area contributed by atoms with E-state index in [1.54, 1.807) is 0 Å². The first-order chi connectivity index (χ1) is 11.4. The predicted molar refractivity (Wildman–Crippen MR) is 99.8 cm³/mol. The zero-order valence-electron chi connectivity index (χ0n) is 14.9. The van der Waals surface area contributed by atoms with Gasteiger partial charge in [0.05, 0.1) is 10.5 Å². The highest BCUT2D eigenvalue weighted by molar-refractivity contribution is 6.35. The fraction of sp³-hybridized carbons (Fsp3) is 0.526. The molecule has 4 nitrogen and oxygen atoms in total. The first-order valence-electron chi connectivity index (χ1n) is 8.73. The van der Waals surface area contributed by atoms with Crippen molar-refractivity contribution in [3.8, 4) is 0 Å². The van der Waals surface area contributed by atoms with Gasteiger partial charge in [-0.25, -0.2) is 0 Å². The highest BCUT2D eigenvalue weighted by atomic mass is 35.5. The van der Waals surface area contributed by atoms with Crippen LogP contribution in [0.5, 0.6) is 0 Å². The van der Waals surface area contributed by atoms with Crippen LogP contribution in [0.25, 0.3) is 10.9 Å². The van der Waals surface area contributed by atoms with Crippen LogP contribution in [0, 0.1) is 0 Å². The van der Waals surface area contributed by atoms with Crippen molar-refractivity contribution in [2.75, 3.05) is 19.6 Å². The molecule has 0 N–H and O–H groups in total. The normalized spacial score (nSPS) is 19.4. The van der Waals surface area contributed by atoms with Crippen molar-refractivity contribution in [3.63, 3.8) is 0 Å². The average molecular weight is 348 g/mol. The van der Waals surface area contributed by atoms with Gasteiger partial charge in [0, 0.05) is 44.2 Å². The van der Waals surface area contributed by atoms with Gasteiger partial charge in [-0.1, -0.05) is 30.7 Å². The van der Waals surface area contributed by atoms with Gasteiger partial charge in [0.25, 0.3) is 5.91 Å². The topological polar surface area (TPSA) is 28.5 Å². The molecular formula is C19H26ClN3O. The molecule has 130 valence electrons. The Morgan fingerprint density at radius 1 is 1.33 bits per heavy atom. The highest BCUT2D eigenvalue weighted by Crippen LogP contribution is 2.27. The van der Waals surface area contributed by atoms with Crippen LogP contribution in [0.4, 0.5) is 0 Å². The summed E-state index contributed by atoms with van der Waals surface area (Å²) in [5.74, 6) is 0.103. The largest absolute Gasteiger partial charge is 0.338 e. The number of aromatic nitrogens is 1. The molecule has 5 heteroatoms. The minimum atomic E-state index is 0.103. The number of fused-ring (bicyclic) bond motifs is 1. The fourth-order valence-corrected chi connectivity index (χ4v) is 4.14. The summed E-state index contributed by atoms with van der Waals surface area (Å²) in [7, 11) is 1.92. The van der Waals surface area contributed by atoms with E-state index in [9.17, 15) is 4.79 Å². The Balaban J connectivity index is 1.88. The molecule has 2 aromatic rings. The zero-order valence-corrected chi connectivity index (χ0v) is 15.7. The fourth-order valence-electron chi connectivity index (χ4n) is 3.83. The van der Waals surface area contributed by atoms with Crippen molar-refractivity contribution in [2.24, 2.45) is 7.05 Å². The van der Waals surface area contributed by atoms with E-state index in [-0.39, 0.29) is 5.91 Å². The number of nitrogens with zero attached hydrogens (tertiary/aromatic N) is 3. The lowest BCUT2D eigenvalue weighted by atomic mass is 10.1. The summed E-state index contributed by atoms with van der Waals surface area (Å²) in [6.45, 7) is 9.17. The number of para-hydroxylation sites is 1. The SMILES string of the molecule is CCC1CN(C(=O)c2cc3cccc(Cl)c3n2C)CCN1C(C)C. The van der Waals surface area contributed by atoms with Crippen molar-refractivity contribution in [1.29, 1.82) is 0 Å². The van der Waals surface area contributed by atoms with Crippen LogP contribution in [0.1, 0.15) is 37.7 Å². The summed E-state index contributed by atoms with van der Waals surface area (Å²) < 4.78 is 1.93. The Hall–Kier alpha value is -1.52. The van der Waals surface area contributed by atoms with Crippen LogP contribution in [0.15, 0.2) is 24.3 Å². The number of aryl methyl sites for hydroxylation is 1. The minimum absolute atomic E-state index is 0.103. The van der Waals surface area contributed by atoms with E-state index in [1.807, 2.05) is 40.8 Å². The molecule has 0 bridgehead atoms. The first-order valence-corrected chi connectivity index (χ1v) is 9.10. The third-order valence-electron chi connectivity index (χ3n) is 5.18. The Kier molecular flexibility index (Phi) is 4.88. The summed E-state index contributed by atoms with van der Waals surface area (Å²) in [5.41, 5.74) is 1.64. The molecule has 1 aromatic carbocycles. The number of rotatable bonds is 3. The van der Waals surface area contributed by atoms with E-state index in [4.69, 9.17) is 11.6 Å². The van der Waals surface area contributed by atoms with Gasteiger partial charge < -0.3 is 9.47 Å². The summed E-state index contributed by atoms with van der Waals surface area (Å²) >= 11 is 6.31. The monoisotopic (exact) mass is 347 g/mol. The summed E-state index contributed by atoms with van der Waals surface area (Å²) in [6, 6.07) is 8.70. The van der Waals surface area contributed by atoms with Gasteiger partial charge >= 0.3 is 0 Å². The van der Waals surface area contributed by atoms with Gasteiger partial charge in [0.1, 0.15) is 5.69 Å². The Morgan fingerprint density at radius 2 is 2.08 bits per heavy atom. The van der Waals surface area contributed by atoms with E-state index < -0.39 is 0 Å². The zero-order chi connectivity index (χ0) is 17.4. The second-order valence-corrected chi connectivity index (χ2v) is 7.32. The molecule has 1 atom stereocenters. The van der Waals surface area contributed by atoms with Crippen LogP contribution in [-0.2, 0) is 7.05 Å². The molecule has 3 rings (SSSR count). The lowest BCUT2D eigenvalue weighted by Gasteiger charge is -2.43. The molecule has 1 aliphatic rings. The third-order valence-corrected chi connectivity index (χ3v) is 5.48. The molecule has 24 heavy (non-hydrogen) atoms. The molecule has 1 amide bonds. The number of carbonyl (C=O) groups excluding carboxylic acids is 1. The van der Waals surface area contributed by atoms with Gasteiger partial charge in [-0.15, -0.1) is 0 Å². The lowest BCUT2D eigenvalue weighted by molar-refractivity contribution is 0.0365. The quantitative estimate of drug-likeness (QED) is 0.845. The smallest absolute Gasteiger partial charge is 0.270 e. The van der Waals surface area contributed by atoms with Gasteiger partial charge in [-0.3, -0.25) is 9.69 Å². The Labute approximate surface area is 149 Å². The molecule has 1 fully saturated rings. The molecule has 0 spiro atoms. The maximum Gasteiger partial charge on any atom is 0.270 e. The van der Waals surface area contributed by atoms with Crippen molar-refractivity contribution < 1.29 is 4.79 Å². The number of amides is 1. The van der Waals surface area contributed by atoms with Crippen molar-refractivity contribution in [3.05, 3.63) is 35.0 Å². The Bertz CT molecular complexity index is 752. The Morgan fingerprint density at radius 3 is 2.71 bits per heavy atom. The second kappa shape index (κ2) is 6.77. The standard InChI is InChI=1S/C19H26ClN3O/c1-5-15-12-22(9-10-23(15)13(2)3)19(24)17-11-14-7-6-8-16(20)18(14)21(17)4/h6-8,11,13,15H,5,9-10,12H2,1-4H3. The maximum atomic E-state index is 13.1. The van der Waals surface area contributed by atoms with E-state index in [1.165, 1.54) is 0 Å². The summed E-state index contributed by atoms with van der Waals surface area (Å²) in [4.78, 5) is 17.6. The summed E-state index contributed by atoms with van der Waals surface area (Å²) in [6.07, 6.45) is 1.06. The third kappa shape index (κ3) is 2.93. The molecule has 0 aliphatic carbocycles. The van der Waals surface area contributed by atoms with Crippen LogP contribution < -0.4 is 0 Å². The molecule has 2 heterocycles. The first kappa shape index (κ1) is 17.3. The van der Waals surface area contributed by atoms with Gasteiger partial charge in [0.2, 0.25) is 0 Å². The summed E-state index contributed by atoms with van der Waals surface area (Å²) in [5, 5.41) is 1.70. The molecule has 1 aliphatic heterocycles. The van der Waals surface area contributed by atoms with Gasteiger partial charge in [0.15, 0.2) is 0 Å². The average Bonchev–Trinajstić information content (AvgIpc) is 2.91. The predicted octanol–water partition coefficient (Wildman–Crippen LogP) is 3.78. The molecule has 1 saturated heterocycles. The second-order valence-electron chi connectivity index (χ2n) is 6.91. The van der Waals surface area contributed by atoms with Crippen molar-refractivity contribution >= 4 is 28.4 Å². The van der Waals surface area contributed by atoms with E-state index in [2.05, 4.69) is 25.7 Å². The number of hydrogen-bond donors (Lipinski definition) is 0. The van der Waals surface area contributed by atoms with E-state index >= 15 is 0 Å². The molecule has 1 aromatic heterocycles.